The molecule has 2 aromatic rings. The molecule has 2 atom stereocenters. The van der Waals surface area contributed by atoms with Crippen LogP contribution in [0.4, 0.5) is 23.3 Å². The van der Waals surface area contributed by atoms with E-state index in [4.69, 9.17) is 57.6 Å². The summed E-state index contributed by atoms with van der Waals surface area (Å²) in [6, 6.07) is -0.755. The van der Waals surface area contributed by atoms with Gasteiger partial charge in [0.2, 0.25) is 11.8 Å². The van der Waals surface area contributed by atoms with Crippen molar-refractivity contribution in [3.63, 3.8) is 0 Å². The molecule has 0 aliphatic rings. The molecule has 2 heterocycles. The van der Waals surface area contributed by atoms with Gasteiger partial charge in [0.25, 0.3) is 11.8 Å². The molecule has 4 amide bonds. The first-order chi connectivity index (χ1) is 22.6. The van der Waals surface area contributed by atoms with Gasteiger partial charge in [-0.25, -0.2) is 19.9 Å². The van der Waals surface area contributed by atoms with Crippen molar-refractivity contribution < 1.29 is 19.2 Å². The van der Waals surface area contributed by atoms with E-state index in [0.717, 1.165) is 0 Å². The molecule has 2 rings (SSSR count). The highest BCUT2D eigenvalue weighted by Crippen LogP contribution is 2.18. The largest absolute Gasteiger partial charge is 0.382 e. The van der Waals surface area contributed by atoms with Crippen LogP contribution in [0.5, 0.6) is 0 Å². The van der Waals surface area contributed by atoms with Crippen molar-refractivity contribution in [2.75, 3.05) is 42.6 Å². The van der Waals surface area contributed by atoms with Crippen LogP contribution in [-0.2, 0) is 9.59 Å². The number of unbranched alkanes of at least 4 members (excludes halogenated alkanes) is 1. The van der Waals surface area contributed by atoms with Gasteiger partial charge in [-0.1, -0.05) is 43.5 Å². The molecular formula is C26H40Cl2N16O4. The van der Waals surface area contributed by atoms with Crippen molar-refractivity contribution in [2.24, 2.45) is 27.4 Å². The molecule has 0 aromatic carbocycles. The van der Waals surface area contributed by atoms with Crippen molar-refractivity contribution in [3.8, 4) is 0 Å². The van der Waals surface area contributed by atoms with E-state index in [9.17, 15) is 19.2 Å². The lowest BCUT2D eigenvalue weighted by Gasteiger charge is -2.23. The summed E-state index contributed by atoms with van der Waals surface area (Å²) < 4.78 is 0. The summed E-state index contributed by atoms with van der Waals surface area (Å²) in [5.74, 6) is -3.45. The lowest BCUT2D eigenvalue weighted by Crippen LogP contribution is -2.50. The Labute approximate surface area is 285 Å². The quantitative estimate of drug-likeness (QED) is 0.0596. The number of hydrogen-bond donors (Lipinski definition) is 10. The molecule has 20 nitrogen and oxygen atoms in total. The van der Waals surface area contributed by atoms with Crippen molar-refractivity contribution in [3.05, 3.63) is 21.7 Å². The number of rotatable bonds is 15. The second-order valence-corrected chi connectivity index (χ2v) is 11.0. The van der Waals surface area contributed by atoms with Gasteiger partial charge in [-0.15, -0.1) is 0 Å². The number of nitrogens with zero attached hydrogens (tertiary/aromatic N) is 6. The number of nitrogens with two attached hydrogens (primary N) is 6. The minimum Gasteiger partial charge on any atom is -0.382 e. The van der Waals surface area contributed by atoms with E-state index in [1.807, 2.05) is 13.8 Å². The Kier molecular flexibility index (Phi) is 15.2. The number of amides is 4. The standard InChI is InChI=1S/C26H40Cl2N16O4/c1-3-11(2)13(38-12(45)7-6-10-37-26(34)44-24(48)15-19(30)42-21(32)17(28)40-15)22(46)35-8-4-5-9-36-25(33)43-23(47)14-18(29)41-20(31)16(27)39-14/h11,13H,3-10H2,1-2H3,(H,35,46)(H,38,45)(H4,29,31,41)(H4,30,32,42)(H3,33,36,43,47)(H3,34,37,44,48)/t11?,13-/m1/s1. The Hall–Kier alpha value is -5.24. The zero-order valence-electron chi connectivity index (χ0n) is 26.3. The van der Waals surface area contributed by atoms with Gasteiger partial charge in [-0.05, 0) is 25.2 Å². The fourth-order valence-corrected chi connectivity index (χ4v) is 4.05. The Bertz CT molecular complexity index is 1550. The van der Waals surface area contributed by atoms with Crippen molar-refractivity contribution >= 4 is 82.0 Å². The van der Waals surface area contributed by atoms with E-state index in [1.165, 1.54) is 0 Å². The second kappa shape index (κ2) is 18.8. The van der Waals surface area contributed by atoms with Gasteiger partial charge in [0.15, 0.2) is 56.9 Å². The number of carbonyl (C=O) groups excluding carboxylic acids is 4. The molecule has 0 aliphatic heterocycles. The second-order valence-electron chi connectivity index (χ2n) is 10.2. The van der Waals surface area contributed by atoms with Crippen molar-refractivity contribution in [2.45, 2.75) is 52.0 Å². The summed E-state index contributed by atoms with van der Waals surface area (Å²) in [6.07, 6.45) is 2.06. The maximum absolute atomic E-state index is 12.9. The van der Waals surface area contributed by atoms with Gasteiger partial charge in [0, 0.05) is 26.1 Å². The van der Waals surface area contributed by atoms with Crippen LogP contribution in [0.15, 0.2) is 9.98 Å². The van der Waals surface area contributed by atoms with Crippen LogP contribution in [0.1, 0.15) is 66.9 Å². The molecule has 0 bridgehead atoms. The van der Waals surface area contributed by atoms with Crippen LogP contribution >= 0.6 is 23.2 Å². The van der Waals surface area contributed by atoms with Gasteiger partial charge in [-0.2, -0.15) is 0 Å². The molecule has 48 heavy (non-hydrogen) atoms. The number of anilines is 4. The number of carbonyl (C=O) groups is 4. The molecule has 0 aliphatic carbocycles. The average Bonchev–Trinajstić information content (AvgIpc) is 3.02. The molecule has 0 spiro atoms. The van der Waals surface area contributed by atoms with Crippen LogP contribution in [0, 0.1) is 5.92 Å². The van der Waals surface area contributed by atoms with Crippen LogP contribution in [0.2, 0.25) is 10.3 Å². The SMILES string of the molecule is CCC(C)[C@@H](NC(=O)CCCN=C(N)NC(=O)c1nc(Cl)c(N)nc1N)C(=O)NCCCCN=C(N)NC(=O)c1nc(Cl)c(N)nc1N. The normalized spacial score (nSPS) is 12.9. The van der Waals surface area contributed by atoms with Gasteiger partial charge < -0.3 is 45.0 Å². The molecule has 0 saturated carbocycles. The predicted octanol–water partition coefficient (Wildman–Crippen LogP) is -1.10. The molecule has 2 aromatic heterocycles. The van der Waals surface area contributed by atoms with E-state index < -0.39 is 17.9 Å². The highest BCUT2D eigenvalue weighted by molar-refractivity contribution is 6.32. The van der Waals surface area contributed by atoms with Crippen LogP contribution in [-0.4, -0.2) is 81.2 Å². The minimum atomic E-state index is -0.785. The van der Waals surface area contributed by atoms with E-state index in [-0.39, 0.29) is 101 Å². The number of nitrogen functional groups attached to an aromatic ring is 4. The molecule has 0 radical (unpaired) electrons. The number of aromatic nitrogens is 4. The zero-order valence-corrected chi connectivity index (χ0v) is 27.9. The van der Waals surface area contributed by atoms with E-state index in [0.29, 0.717) is 25.8 Å². The van der Waals surface area contributed by atoms with Crippen molar-refractivity contribution in [1.82, 2.24) is 41.2 Å². The van der Waals surface area contributed by atoms with Crippen LogP contribution in [0.3, 0.4) is 0 Å². The van der Waals surface area contributed by atoms with E-state index in [1.54, 1.807) is 0 Å². The van der Waals surface area contributed by atoms with Gasteiger partial charge >= 0.3 is 0 Å². The third kappa shape index (κ3) is 12.2. The summed E-state index contributed by atoms with van der Waals surface area (Å²) in [5, 5.41) is 9.86. The molecule has 0 fully saturated rings. The first-order valence-corrected chi connectivity index (χ1v) is 15.4. The van der Waals surface area contributed by atoms with Gasteiger partial charge in [-0.3, -0.25) is 39.8 Å². The minimum absolute atomic E-state index is 0.0530. The number of halogens is 2. The summed E-state index contributed by atoms with van der Waals surface area (Å²) in [4.78, 5) is 73.2. The highest BCUT2D eigenvalue weighted by atomic mass is 35.5. The number of guanidine groups is 2. The third-order valence-corrected chi connectivity index (χ3v) is 7.10. The monoisotopic (exact) mass is 710 g/mol. The fourth-order valence-electron chi connectivity index (χ4n) is 3.79. The molecule has 22 heteroatoms. The first-order valence-electron chi connectivity index (χ1n) is 14.6. The Morgan fingerprint density at radius 1 is 0.750 bits per heavy atom. The predicted molar refractivity (Wildman–Crippen MR) is 183 cm³/mol. The maximum Gasteiger partial charge on any atom is 0.280 e. The van der Waals surface area contributed by atoms with Gasteiger partial charge in [0.1, 0.15) is 6.04 Å². The van der Waals surface area contributed by atoms with E-state index in [2.05, 4.69) is 51.2 Å². The van der Waals surface area contributed by atoms with Gasteiger partial charge in [0.05, 0.1) is 0 Å². The number of hydrogen-bond acceptors (Lipinski definition) is 14. The number of nitrogens with one attached hydrogen (secondary N) is 4. The summed E-state index contributed by atoms with van der Waals surface area (Å²) in [7, 11) is 0. The topological polar surface area (TPSA) is 349 Å². The maximum atomic E-state index is 12.9. The highest BCUT2D eigenvalue weighted by Gasteiger charge is 2.25. The van der Waals surface area contributed by atoms with Crippen LogP contribution < -0.4 is 55.7 Å². The summed E-state index contributed by atoms with van der Waals surface area (Å²) in [5.41, 5.74) is 33.3. The molecule has 262 valence electrons. The molecule has 16 N–H and O–H groups in total. The van der Waals surface area contributed by atoms with Crippen LogP contribution in [0.25, 0.3) is 0 Å². The molecule has 1 unspecified atom stereocenters. The fraction of sp³-hybridized carbons (Fsp3) is 0.462. The average molecular weight is 712 g/mol. The Morgan fingerprint density at radius 2 is 1.23 bits per heavy atom. The third-order valence-electron chi connectivity index (χ3n) is 6.55. The lowest BCUT2D eigenvalue weighted by molar-refractivity contribution is -0.130. The Morgan fingerprint density at radius 3 is 1.71 bits per heavy atom. The smallest absolute Gasteiger partial charge is 0.280 e. The summed E-state index contributed by atoms with van der Waals surface area (Å²) in [6.45, 7) is 4.44. The lowest BCUT2D eigenvalue weighted by atomic mass is 9.98. The molecular weight excluding hydrogens is 671 g/mol. The number of aliphatic imine (C=N–C) groups is 2. The molecule has 0 saturated heterocycles. The summed E-state index contributed by atoms with van der Waals surface area (Å²) >= 11 is 11.6. The van der Waals surface area contributed by atoms with Crippen molar-refractivity contribution in [1.29, 1.82) is 0 Å². The first kappa shape index (κ1) is 38.9. The van der Waals surface area contributed by atoms with E-state index >= 15 is 0 Å². The zero-order chi connectivity index (χ0) is 36.0. The Balaban J connectivity index is 1.74.